The average molecular weight is 294 g/mol. The average Bonchev–Trinajstić information content (AvgIpc) is 2.38. The van der Waals surface area contributed by atoms with Gasteiger partial charge in [0.05, 0.1) is 5.02 Å². The number of hydrogen-bond donors (Lipinski definition) is 1. The van der Waals surface area contributed by atoms with Crippen LogP contribution in [0.1, 0.15) is 27.6 Å². The molecule has 4 nitrogen and oxygen atoms in total. The van der Waals surface area contributed by atoms with Gasteiger partial charge in [-0.2, -0.15) is 0 Å². The second kappa shape index (κ2) is 5.96. The van der Waals surface area contributed by atoms with Gasteiger partial charge < -0.3 is 5.32 Å². The van der Waals surface area contributed by atoms with E-state index in [4.69, 9.17) is 11.6 Å². The van der Waals surface area contributed by atoms with Gasteiger partial charge in [-0.25, -0.2) is 14.4 Å². The standard InChI is InChI=1S/C14H13ClFN3O/c1-8-5-13(19-9(2)18-8)14(20)17-7-10-3-4-12(16)11(15)6-10/h3-6H,7H2,1-2H3,(H,17,20). The number of nitrogens with zero attached hydrogens (tertiary/aromatic N) is 2. The van der Waals surface area contributed by atoms with Gasteiger partial charge in [-0.15, -0.1) is 0 Å². The minimum atomic E-state index is -0.483. The molecule has 1 aromatic carbocycles. The van der Waals surface area contributed by atoms with Crippen molar-refractivity contribution < 1.29 is 9.18 Å². The number of benzene rings is 1. The van der Waals surface area contributed by atoms with Gasteiger partial charge in [0.15, 0.2) is 0 Å². The summed E-state index contributed by atoms with van der Waals surface area (Å²) in [6, 6.07) is 5.92. The maximum atomic E-state index is 13.0. The lowest BCUT2D eigenvalue weighted by Gasteiger charge is -2.06. The molecule has 1 aromatic heterocycles. The van der Waals surface area contributed by atoms with E-state index in [1.54, 1.807) is 26.0 Å². The van der Waals surface area contributed by atoms with Crippen molar-refractivity contribution in [1.82, 2.24) is 15.3 Å². The number of amides is 1. The molecule has 6 heteroatoms. The summed E-state index contributed by atoms with van der Waals surface area (Å²) in [7, 11) is 0. The van der Waals surface area contributed by atoms with Gasteiger partial charge in [0.2, 0.25) is 0 Å². The highest BCUT2D eigenvalue weighted by atomic mass is 35.5. The summed E-state index contributed by atoms with van der Waals surface area (Å²) >= 11 is 5.68. The monoisotopic (exact) mass is 293 g/mol. The Morgan fingerprint density at radius 1 is 1.30 bits per heavy atom. The molecule has 1 heterocycles. The number of carbonyl (C=O) groups is 1. The van der Waals surface area contributed by atoms with Crippen molar-refractivity contribution in [3.8, 4) is 0 Å². The van der Waals surface area contributed by atoms with E-state index in [1.807, 2.05) is 0 Å². The molecule has 0 atom stereocenters. The summed E-state index contributed by atoms with van der Waals surface area (Å²) in [4.78, 5) is 20.1. The van der Waals surface area contributed by atoms with Crippen molar-refractivity contribution in [1.29, 1.82) is 0 Å². The van der Waals surface area contributed by atoms with E-state index in [0.29, 0.717) is 17.1 Å². The third-order valence-corrected chi connectivity index (χ3v) is 2.93. The zero-order valence-electron chi connectivity index (χ0n) is 11.1. The van der Waals surface area contributed by atoms with E-state index >= 15 is 0 Å². The van der Waals surface area contributed by atoms with Crippen molar-refractivity contribution in [3.63, 3.8) is 0 Å². The second-order valence-corrected chi connectivity index (χ2v) is 4.78. The number of halogens is 2. The maximum Gasteiger partial charge on any atom is 0.270 e. The third-order valence-electron chi connectivity index (χ3n) is 2.64. The van der Waals surface area contributed by atoms with Crippen LogP contribution in [0.3, 0.4) is 0 Å². The topological polar surface area (TPSA) is 54.9 Å². The van der Waals surface area contributed by atoms with Gasteiger partial charge >= 0.3 is 0 Å². The van der Waals surface area contributed by atoms with Crippen LogP contribution in [0, 0.1) is 19.7 Å². The molecular weight excluding hydrogens is 281 g/mol. The van der Waals surface area contributed by atoms with Crippen molar-refractivity contribution in [3.05, 3.63) is 57.9 Å². The molecule has 1 N–H and O–H groups in total. The van der Waals surface area contributed by atoms with Gasteiger partial charge in [0.1, 0.15) is 17.3 Å². The molecular formula is C14H13ClFN3O. The minimum absolute atomic E-state index is 0.0328. The van der Waals surface area contributed by atoms with E-state index in [-0.39, 0.29) is 17.5 Å². The van der Waals surface area contributed by atoms with E-state index < -0.39 is 5.82 Å². The molecule has 0 unspecified atom stereocenters. The minimum Gasteiger partial charge on any atom is -0.347 e. The zero-order chi connectivity index (χ0) is 14.7. The van der Waals surface area contributed by atoms with Gasteiger partial charge in [-0.1, -0.05) is 17.7 Å². The first-order valence-electron chi connectivity index (χ1n) is 6.00. The molecule has 0 radical (unpaired) electrons. The molecule has 0 bridgehead atoms. The fourth-order valence-electron chi connectivity index (χ4n) is 1.76. The van der Waals surface area contributed by atoms with E-state index in [1.165, 1.54) is 12.1 Å². The first kappa shape index (κ1) is 14.4. The molecule has 0 aliphatic rings. The van der Waals surface area contributed by atoms with Crippen molar-refractivity contribution >= 4 is 17.5 Å². The third kappa shape index (κ3) is 3.51. The van der Waals surface area contributed by atoms with Crippen LogP contribution in [0.4, 0.5) is 4.39 Å². The number of hydrogen-bond acceptors (Lipinski definition) is 3. The molecule has 1 amide bonds. The van der Waals surface area contributed by atoms with E-state index in [0.717, 1.165) is 5.69 Å². The van der Waals surface area contributed by atoms with Gasteiger partial charge in [0, 0.05) is 12.2 Å². The number of rotatable bonds is 3. The van der Waals surface area contributed by atoms with E-state index in [2.05, 4.69) is 15.3 Å². The summed E-state index contributed by atoms with van der Waals surface area (Å²) in [5.41, 5.74) is 1.75. The maximum absolute atomic E-state index is 13.0. The molecule has 104 valence electrons. The molecule has 0 aliphatic carbocycles. The summed E-state index contributed by atoms with van der Waals surface area (Å²) < 4.78 is 13.0. The Balaban J connectivity index is 2.06. The summed E-state index contributed by atoms with van der Waals surface area (Å²) in [5, 5.41) is 2.74. The zero-order valence-corrected chi connectivity index (χ0v) is 11.8. The normalized spacial score (nSPS) is 10.4. The number of carbonyl (C=O) groups excluding carboxylic acids is 1. The number of aryl methyl sites for hydroxylation is 2. The van der Waals surface area contributed by atoms with Crippen molar-refractivity contribution in [2.24, 2.45) is 0 Å². The van der Waals surface area contributed by atoms with E-state index in [9.17, 15) is 9.18 Å². The number of aromatic nitrogens is 2. The van der Waals surface area contributed by atoms with Crippen LogP contribution < -0.4 is 5.32 Å². The van der Waals surface area contributed by atoms with Crippen molar-refractivity contribution in [2.45, 2.75) is 20.4 Å². The summed E-state index contributed by atoms with van der Waals surface area (Å²) in [6.07, 6.45) is 0. The van der Waals surface area contributed by atoms with Crippen LogP contribution in [-0.4, -0.2) is 15.9 Å². The fourth-order valence-corrected chi connectivity index (χ4v) is 1.96. The Morgan fingerprint density at radius 2 is 2.05 bits per heavy atom. The molecule has 0 fully saturated rings. The fraction of sp³-hybridized carbons (Fsp3) is 0.214. The quantitative estimate of drug-likeness (QED) is 0.947. The molecule has 2 aromatic rings. The predicted molar refractivity (Wildman–Crippen MR) is 74.1 cm³/mol. The lowest BCUT2D eigenvalue weighted by Crippen LogP contribution is -2.24. The Kier molecular flexibility index (Phi) is 4.29. The first-order valence-corrected chi connectivity index (χ1v) is 6.38. The molecule has 0 spiro atoms. The highest BCUT2D eigenvalue weighted by Gasteiger charge is 2.09. The Morgan fingerprint density at radius 3 is 2.70 bits per heavy atom. The summed E-state index contributed by atoms with van der Waals surface area (Å²) in [6.45, 7) is 3.77. The second-order valence-electron chi connectivity index (χ2n) is 4.37. The van der Waals surface area contributed by atoms with Gasteiger partial charge in [0.25, 0.3) is 5.91 Å². The predicted octanol–water partition coefficient (Wildman–Crippen LogP) is 2.82. The van der Waals surface area contributed by atoms with Crippen LogP contribution in [0.5, 0.6) is 0 Å². The molecule has 0 saturated heterocycles. The Labute approximate surface area is 121 Å². The molecule has 20 heavy (non-hydrogen) atoms. The lowest BCUT2D eigenvalue weighted by molar-refractivity contribution is 0.0945. The SMILES string of the molecule is Cc1cc(C(=O)NCc2ccc(F)c(Cl)c2)nc(C)n1. The van der Waals surface area contributed by atoms with Crippen molar-refractivity contribution in [2.75, 3.05) is 0 Å². The van der Waals surface area contributed by atoms with Gasteiger partial charge in [-0.05, 0) is 37.6 Å². The smallest absolute Gasteiger partial charge is 0.270 e. The molecule has 2 rings (SSSR count). The number of nitrogens with one attached hydrogen (secondary N) is 1. The molecule has 0 saturated carbocycles. The highest BCUT2D eigenvalue weighted by Crippen LogP contribution is 2.15. The van der Waals surface area contributed by atoms with Gasteiger partial charge in [-0.3, -0.25) is 4.79 Å². The van der Waals surface area contributed by atoms with Crippen LogP contribution >= 0.6 is 11.6 Å². The first-order chi connectivity index (χ1) is 9.45. The van der Waals surface area contributed by atoms with Crippen LogP contribution in [0.2, 0.25) is 5.02 Å². The van der Waals surface area contributed by atoms with Crippen LogP contribution in [-0.2, 0) is 6.54 Å². The van der Waals surface area contributed by atoms with Crippen LogP contribution in [0.25, 0.3) is 0 Å². The largest absolute Gasteiger partial charge is 0.347 e. The Hall–Kier alpha value is -2.01. The summed E-state index contributed by atoms with van der Waals surface area (Å²) in [5.74, 6) is -0.247. The molecule has 0 aliphatic heterocycles. The van der Waals surface area contributed by atoms with Crippen LogP contribution in [0.15, 0.2) is 24.3 Å². The Bertz CT molecular complexity index is 641. The lowest BCUT2D eigenvalue weighted by atomic mass is 10.2. The highest BCUT2D eigenvalue weighted by molar-refractivity contribution is 6.30.